The van der Waals surface area contributed by atoms with Crippen molar-refractivity contribution in [2.24, 2.45) is 0 Å². The van der Waals surface area contributed by atoms with Crippen LogP contribution < -0.4 is 0 Å². The first-order chi connectivity index (χ1) is 12.2. The van der Waals surface area contributed by atoms with Gasteiger partial charge >= 0.3 is 11.7 Å². The van der Waals surface area contributed by atoms with Crippen molar-refractivity contribution in [1.29, 1.82) is 0 Å². The minimum atomic E-state index is -4.74. The number of nitrogens with zero attached hydrogens (tertiary/aromatic N) is 1. The van der Waals surface area contributed by atoms with E-state index in [2.05, 4.69) is 0 Å². The summed E-state index contributed by atoms with van der Waals surface area (Å²) in [6, 6.07) is 7.19. The molecule has 140 valence electrons. The van der Waals surface area contributed by atoms with Gasteiger partial charge in [-0.15, -0.1) is 0 Å². The number of hydrogen-bond acceptors (Lipinski definition) is 6. The van der Waals surface area contributed by atoms with Gasteiger partial charge in [-0.05, 0) is 36.4 Å². The molecule has 2 aromatic rings. The van der Waals surface area contributed by atoms with Crippen LogP contribution in [-0.4, -0.2) is 44.6 Å². The molecular weight excluding hydrogens is 372 g/mol. The second-order valence-electron chi connectivity index (χ2n) is 5.24. The summed E-state index contributed by atoms with van der Waals surface area (Å²) < 4.78 is 57.5. The lowest BCUT2D eigenvalue weighted by Gasteiger charge is -2.15. The van der Waals surface area contributed by atoms with E-state index in [4.69, 9.17) is 9.15 Å². The highest BCUT2D eigenvalue weighted by Crippen LogP contribution is 2.19. The van der Waals surface area contributed by atoms with Gasteiger partial charge in [-0.2, -0.15) is 8.78 Å². The number of likely N-dealkylation sites (N-methyl/N-ethyl adjacent to an activating group) is 1. The molecule has 0 aliphatic heterocycles. The van der Waals surface area contributed by atoms with Gasteiger partial charge in [0.05, 0.1) is 23.3 Å². The molecule has 0 spiro atoms. The first kappa shape index (κ1) is 19.6. The van der Waals surface area contributed by atoms with Crippen molar-refractivity contribution >= 4 is 21.7 Å². The molecule has 1 amide bonds. The lowest BCUT2D eigenvalue weighted by molar-refractivity contribution is -0.133. The molecule has 0 aliphatic carbocycles. The van der Waals surface area contributed by atoms with Crippen molar-refractivity contribution < 1.29 is 35.9 Å². The number of carbonyl (C=O) groups excluding carboxylic acids is 2. The molecule has 0 radical (unpaired) electrons. The summed E-state index contributed by atoms with van der Waals surface area (Å²) in [5.74, 6) is -4.36. The summed E-state index contributed by atoms with van der Waals surface area (Å²) >= 11 is 0. The maximum absolute atomic E-state index is 12.4. The minimum absolute atomic E-state index is 0.0697. The maximum Gasteiger partial charge on any atom is 0.341 e. The van der Waals surface area contributed by atoms with Crippen LogP contribution in [0.2, 0.25) is 0 Å². The highest BCUT2D eigenvalue weighted by Gasteiger charge is 2.26. The highest BCUT2D eigenvalue weighted by atomic mass is 32.2. The summed E-state index contributed by atoms with van der Waals surface area (Å²) in [6.07, 6.45) is 1.46. The highest BCUT2D eigenvalue weighted by molar-refractivity contribution is 7.91. The van der Waals surface area contributed by atoms with Crippen molar-refractivity contribution in [1.82, 2.24) is 4.90 Å². The van der Waals surface area contributed by atoms with Crippen LogP contribution in [0.4, 0.5) is 8.78 Å². The lowest BCUT2D eigenvalue weighted by Crippen LogP contribution is -2.30. The lowest BCUT2D eigenvalue weighted by atomic mass is 10.2. The van der Waals surface area contributed by atoms with Crippen molar-refractivity contribution in [2.45, 2.75) is 17.2 Å². The summed E-state index contributed by atoms with van der Waals surface area (Å²) in [5.41, 5.74) is -0.0697. The number of furan rings is 1. The van der Waals surface area contributed by atoms with Crippen molar-refractivity contribution in [3.05, 3.63) is 54.0 Å². The van der Waals surface area contributed by atoms with Gasteiger partial charge in [0, 0.05) is 7.05 Å². The average Bonchev–Trinajstić information content (AvgIpc) is 3.12. The number of esters is 1. The minimum Gasteiger partial charge on any atom is -0.467 e. The van der Waals surface area contributed by atoms with Crippen LogP contribution in [0.3, 0.4) is 0 Å². The number of rotatable bonds is 7. The van der Waals surface area contributed by atoms with Gasteiger partial charge < -0.3 is 14.1 Å². The van der Waals surface area contributed by atoms with E-state index in [9.17, 15) is 26.8 Å². The topological polar surface area (TPSA) is 93.9 Å². The van der Waals surface area contributed by atoms with Gasteiger partial charge in [-0.25, -0.2) is 13.2 Å². The van der Waals surface area contributed by atoms with E-state index in [-0.39, 0.29) is 12.1 Å². The molecule has 10 heteroatoms. The predicted molar refractivity (Wildman–Crippen MR) is 85.1 cm³/mol. The first-order valence-corrected chi connectivity index (χ1v) is 8.82. The first-order valence-electron chi connectivity index (χ1n) is 7.27. The average molecular weight is 387 g/mol. The standard InChI is InChI=1S/C16H15F2NO6S/c1-19(9-12-3-2-8-24-12)14(20)10-25-15(21)11-4-6-13(7-5-11)26(22,23)16(17)18/h2-8,16H,9-10H2,1H3. The fraction of sp³-hybridized carbons (Fsp3) is 0.250. The molecule has 2 rings (SSSR count). The Labute approximate surface area is 148 Å². The Kier molecular flexibility index (Phi) is 6.09. The molecule has 0 saturated carbocycles. The Morgan fingerprint density at radius 1 is 1.19 bits per heavy atom. The Hall–Kier alpha value is -2.75. The molecule has 1 aromatic carbocycles. The van der Waals surface area contributed by atoms with Crippen molar-refractivity contribution in [3.63, 3.8) is 0 Å². The molecule has 0 atom stereocenters. The Morgan fingerprint density at radius 2 is 1.85 bits per heavy atom. The van der Waals surface area contributed by atoms with Crippen LogP contribution >= 0.6 is 0 Å². The number of amides is 1. The summed E-state index contributed by atoms with van der Waals surface area (Å²) in [4.78, 5) is 24.5. The Morgan fingerprint density at radius 3 is 2.38 bits per heavy atom. The SMILES string of the molecule is CN(Cc1ccco1)C(=O)COC(=O)c1ccc(S(=O)(=O)C(F)F)cc1. The number of alkyl halides is 2. The van der Waals surface area contributed by atoms with Crippen LogP contribution in [0.15, 0.2) is 52.0 Å². The predicted octanol–water partition coefficient (Wildman–Crippen LogP) is 2.09. The fourth-order valence-corrected chi connectivity index (χ4v) is 2.65. The third-order valence-electron chi connectivity index (χ3n) is 3.38. The second-order valence-corrected chi connectivity index (χ2v) is 7.15. The number of benzene rings is 1. The van der Waals surface area contributed by atoms with Crippen LogP contribution in [0.5, 0.6) is 0 Å². The zero-order valence-electron chi connectivity index (χ0n) is 13.6. The Balaban J connectivity index is 1.92. The molecule has 1 heterocycles. The number of carbonyl (C=O) groups is 2. The number of ether oxygens (including phenoxy) is 1. The van der Waals surface area contributed by atoms with E-state index < -0.39 is 39.0 Å². The second kappa shape index (κ2) is 8.09. The molecule has 0 bridgehead atoms. The van der Waals surface area contributed by atoms with Crippen LogP contribution in [0.1, 0.15) is 16.1 Å². The fourth-order valence-electron chi connectivity index (χ4n) is 1.93. The van der Waals surface area contributed by atoms with Gasteiger partial charge in [0.1, 0.15) is 5.76 Å². The normalized spacial score (nSPS) is 11.4. The summed E-state index contributed by atoms with van der Waals surface area (Å²) in [5, 5.41) is 0. The third-order valence-corrected chi connectivity index (χ3v) is 4.78. The van der Waals surface area contributed by atoms with Crippen molar-refractivity contribution in [2.75, 3.05) is 13.7 Å². The van der Waals surface area contributed by atoms with E-state index >= 15 is 0 Å². The molecule has 0 saturated heterocycles. The summed E-state index contributed by atoms with van der Waals surface area (Å²) in [7, 11) is -3.23. The molecule has 0 fully saturated rings. The molecule has 7 nitrogen and oxygen atoms in total. The van der Waals surface area contributed by atoms with Gasteiger partial charge in [0.2, 0.25) is 9.84 Å². The molecule has 1 aromatic heterocycles. The van der Waals surface area contributed by atoms with Crippen LogP contribution in [0, 0.1) is 0 Å². The molecule has 0 unspecified atom stereocenters. The number of hydrogen-bond donors (Lipinski definition) is 0. The largest absolute Gasteiger partial charge is 0.467 e. The molecule has 0 N–H and O–H groups in total. The van der Waals surface area contributed by atoms with E-state index in [0.717, 1.165) is 24.3 Å². The third kappa shape index (κ3) is 4.66. The smallest absolute Gasteiger partial charge is 0.341 e. The quantitative estimate of drug-likeness (QED) is 0.676. The van der Waals surface area contributed by atoms with E-state index in [1.54, 1.807) is 12.1 Å². The van der Waals surface area contributed by atoms with E-state index in [1.165, 1.54) is 18.2 Å². The Bertz CT molecular complexity index is 863. The van der Waals surface area contributed by atoms with E-state index in [1.807, 2.05) is 0 Å². The zero-order valence-corrected chi connectivity index (χ0v) is 14.4. The van der Waals surface area contributed by atoms with Gasteiger partial charge in [0.15, 0.2) is 6.61 Å². The van der Waals surface area contributed by atoms with Crippen LogP contribution in [-0.2, 0) is 25.9 Å². The van der Waals surface area contributed by atoms with Crippen molar-refractivity contribution in [3.8, 4) is 0 Å². The summed E-state index contributed by atoms with van der Waals surface area (Å²) in [6.45, 7) is -0.337. The molecule has 0 aliphatic rings. The van der Waals surface area contributed by atoms with Gasteiger partial charge in [-0.3, -0.25) is 4.79 Å². The number of halogens is 2. The van der Waals surface area contributed by atoms with Crippen LogP contribution in [0.25, 0.3) is 0 Å². The maximum atomic E-state index is 12.4. The number of sulfone groups is 1. The van der Waals surface area contributed by atoms with E-state index in [0.29, 0.717) is 5.76 Å². The molecular formula is C16H15F2NO6S. The van der Waals surface area contributed by atoms with Gasteiger partial charge in [-0.1, -0.05) is 0 Å². The monoisotopic (exact) mass is 387 g/mol. The molecule has 26 heavy (non-hydrogen) atoms. The van der Waals surface area contributed by atoms with Gasteiger partial charge in [0.25, 0.3) is 5.91 Å². The zero-order chi connectivity index (χ0) is 19.3.